The molecular formula is C17H15N3O4S3. The average Bonchev–Trinajstić information content (AvgIpc) is 3.01. The molecule has 2 aromatic carbocycles. The SMILES string of the molecule is CSc1c(C(N)=O)cccc1C(=O)Nc1nc2ccc(S(C)(=O)=O)cc2s1. The van der Waals surface area contributed by atoms with Gasteiger partial charge in [0.15, 0.2) is 15.0 Å². The first-order valence-corrected chi connectivity index (χ1v) is 11.5. The van der Waals surface area contributed by atoms with Crippen LogP contribution in [0.4, 0.5) is 5.13 Å². The van der Waals surface area contributed by atoms with Crippen molar-refractivity contribution in [3.8, 4) is 0 Å². The highest BCUT2D eigenvalue weighted by Gasteiger charge is 2.18. The molecule has 2 amide bonds. The predicted molar refractivity (Wildman–Crippen MR) is 107 cm³/mol. The molecule has 0 saturated heterocycles. The molecule has 7 nitrogen and oxygen atoms in total. The number of sulfone groups is 1. The summed E-state index contributed by atoms with van der Waals surface area (Å²) >= 11 is 2.42. The number of carbonyl (C=O) groups excluding carboxylic acids is 2. The minimum Gasteiger partial charge on any atom is -0.366 e. The van der Waals surface area contributed by atoms with Gasteiger partial charge in [0, 0.05) is 11.2 Å². The van der Waals surface area contributed by atoms with Crippen LogP contribution in [0.2, 0.25) is 0 Å². The standard InChI is InChI=1S/C17H15N3O4S3/c1-25-14-10(15(18)21)4-3-5-11(14)16(22)20-17-19-12-7-6-9(27(2,23)24)8-13(12)26-17/h3-8H,1-2H3,(H2,18,21)(H,19,20,22). The minimum absolute atomic E-state index is 0.190. The number of nitrogens with one attached hydrogen (secondary N) is 1. The molecule has 1 aromatic heterocycles. The summed E-state index contributed by atoms with van der Waals surface area (Å²) in [6.07, 6.45) is 2.89. The number of thioether (sulfide) groups is 1. The number of nitrogens with two attached hydrogens (primary N) is 1. The summed E-state index contributed by atoms with van der Waals surface area (Å²) in [4.78, 5) is 29.2. The quantitative estimate of drug-likeness (QED) is 0.612. The van der Waals surface area contributed by atoms with Gasteiger partial charge in [0.25, 0.3) is 5.91 Å². The average molecular weight is 422 g/mol. The number of primary amides is 1. The predicted octanol–water partition coefficient (Wildman–Crippen LogP) is 2.77. The van der Waals surface area contributed by atoms with Crippen molar-refractivity contribution < 1.29 is 18.0 Å². The van der Waals surface area contributed by atoms with Crippen molar-refractivity contribution in [1.29, 1.82) is 0 Å². The van der Waals surface area contributed by atoms with Crippen LogP contribution in [0.3, 0.4) is 0 Å². The van der Waals surface area contributed by atoms with E-state index in [1.807, 2.05) is 0 Å². The summed E-state index contributed by atoms with van der Waals surface area (Å²) in [7, 11) is -3.33. The van der Waals surface area contributed by atoms with Gasteiger partial charge in [0.2, 0.25) is 5.91 Å². The van der Waals surface area contributed by atoms with Gasteiger partial charge in [-0.3, -0.25) is 14.9 Å². The molecule has 3 aromatic rings. The number of hydrogen-bond donors (Lipinski definition) is 2. The zero-order valence-corrected chi connectivity index (χ0v) is 16.8. The van der Waals surface area contributed by atoms with Crippen LogP contribution in [-0.2, 0) is 9.84 Å². The van der Waals surface area contributed by atoms with Gasteiger partial charge in [-0.1, -0.05) is 17.4 Å². The van der Waals surface area contributed by atoms with E-state index in [1.54, 1.807) is 30.5 Å². The minimum atomic E-state index is -3.33. The van der Waals surface area contributed by atoms with E-state index in [-0.39, 0.29) is 10.5 Å². The van der Waals surface area contributed by atoms with Gasteiger partial charge in [0.1, 0.15) is 0 Å². The zero-order valence-electron chi connectivity index (χ0n) is 14.3. The fourth-order valence-electron chi connectivity index (χ4n) is 2.48. The van der Waals surface area contributed by atoms with Crippen molar-refractivity contribution in [3.05, 3.63) is 47.5 Å². The first kappa shape index (κ1) is 19.3. The highest BCUT2D eigenvalue weighted by molar-refractivity contribution is 7.98. The van der Waals surface area contributed by atoms with Gasteiger partial charge in [-0.25, -0.2) is 13.4 Å². The normalized spacial score (nSPS) is 11.5. The number of anilines is 1. The Bertz CT molecular complexity index is 1170. The Morgan fingerprint density at radius 3 is 2.52 bits per heavy atom. The smallest absolute Gasteiger partial charge is 0.258 e. The van der Waals surface area contributed by atoms with E-state index in [2.05, 4.69) is 10.3 Å². The van der Waals surface area contributed by atoms with Crippen molar-refractivity contribution in [2.75, 3.05) is 17.8 Å². The number of thiazole rings is 1. The summed E-state index contributed by atoms with van der Waals surface area (Å²) in [5.41, 5.74) is 6.54. The number of rotatable bonds is 5. The van der Waals surface area contributed by atoms with Crippen LogP contribution in [0.5, 0.6) is 0 Å². The molecule has 140 valence electrons. The van der Waals surface area contributed by atoms with Gasteiger partial charge in [-0.15, -0.1) is 11.8 Å². The summed E-state index contributed by atoms with van der Waals surface area (Å²) < 4.78 is 24.0. The molecule has 10 heteroatoms. The van der Waals surface area contributed by atoms with Crippen LogP contribution in [0.1, 0.15) is 20.7 Å². The van der Waals surface area contributed by atoms with E-state index < -0.39 is 21.7 Å². The molecule has 0 unspecified atom stereocenters. The maximum Gasteiger partial charge on any atom is 0.258 e. The molecule has 1 heterocycles. The molecule has 3 N–H and O–H groups in total. The Morgan fingerprint density at radius 1 is 1.19 bits per heavy atom. The second-order valence-corrected chi connectivity index (χ2v) is 9.49. The van der Waals surface area contributed by atoms with Crippen molar-refractivity contribution in [2.45, 2.75) is 9.79 Å². The van der Waals surface area contributed by atoms with Gasteiger partial charge in [-0.2, -0.15) is 0 Å². The van der Waals surface area contributed by atoms with E-state index in [0.717, 1.165) is 6.26 Å². The van der Waals surface area contributed by atoms with Crippen LogP contribution in [-0.4, -0.2) is 37.7 Å². The molecule has 3 rings (SSSR count). The Morgan fingerprint density at radius 2 is 1.89 bits per heavy atom. The third-order valence-electron chi connectivity index (χ3n) is 3.74. The molecule has 0 saturated carbocycles. The lowest BCUT2D eigenvalue weighted by atomic mass is 10.1. The molecule has 0 aliphatic heterocycles. The van der Waals surface area contributed by atoms with Gasteiger partial charge in [-0.05, 0) is 36.6 Å². The summed E-state index contributed by atoms with van der Waals surface area (Å²) in [6.45, 7) is 0. The molecule has 27 heavy (non-hydrogen) atoms. The molecule has 0 spiro atoms. The number of fused-ring (bicyclic) bond motifs is 1. The Balaban J connectivity index is 1.95. The van der Waals surface area contributed by atoms with E-state index in [9.17, 15) is 18.0 Å². The molecule has 0 aliphatic rings. The number of amides is 2. The number of aromatic nitrogens is 1. The van der Waals surface area contributed by atoms with Crippen molar-refractivity contribution in [3.63, 3.8) is 0 Å². The number of nitrogens with zero attached hydrogens (tertiary/aromatic N) is 1. The third kappa shape index (κ3) is 3.97. The maximum absolute atomic E-state index is 12.7. The fraction of sp³-hybridized carbons (Fsp3) is 0.118. The first-order valence-electron chi connectivity index (χ1n) is 7.59. The molecule has 0 radical (unpaired) electrons. The van der Waals surface area contributed by atoms with E-state index in [4.69, 9.17) is 5.73 Å². The van der Waals surface area contributed by atoms with E-state index in [1.165, 1.54) is 35.2 Å². The summed E-state index contributed by atoms with van der Waals surface area (Å²) in [5.74, 6) is -1.04. The van der Waals surface area contributed by atoms with Crippen LogP contribution in [0.15, 0.2) is 46.2 Å². The molecule has 0 fully saturated rings. The lowest BCUT2D eigenvalue weighted by molar-refractivity contribution is 0.0997. The number of hydrogen-bond acceptors (Lipinski definition) is 7. The monoisotopic (exact) mass is 421 g/mol. The Kier molecular flexibility index (Phi) is 5.22. The number of benzene rings is 2. The van der Waals surface area contributed by atoms with Gasteiger partial charge in [0.05, 0.1) is 26.2 Å². The highest BCUT2D eigenvalue weighted by atomic mass is 32.2. The van der Waals surface area contributed by atoms with Crippen molar-refractivity contribution in [2.24, 2.45) is 5.73 Å². The van der Waals surface area contributed by atoms with Gasteiger partial charge >= 0.3 is 0 Å². The lowest BCUT2D eigenvalue weighted by Gasteiger charge is -2.10. The number of carbonyl (C=O) groups is 2. The Hall–Kier alpha value is -2.43. The first-order chi connectivity index (χ1) is 12.7. The van der Waals surface area contributed by atoms with Crippen molar-refractivity contribution >= 4 is 60.1 Å². The second-order valence-electron chi connectivity index (χ2n) is 5.63. The van der Waals surface area contributed by atoms with E-state index in [0.29, 0.717) is 25.8 Å². The van der Waals surface area contributed by atoms with Crippen LogP contribution in [0.25, 0.3) is 10.2 Å². The lowest BCUT2D eigenvalue weighted by Crippen LogP contribution is -2.17. The fourth-order valence-corrected chi connectivity index (χ4v) is 4.87. The van der Waals surface area contributed by atoms with Crippen LogP contribution in [0, 0.1) is 0 Å². The maximum atomic E-state index is 12.7. The van der Waals surface area contributed by atoms with Crippen LogP contribution < -0.4 is 11.1 Å². The molecule has 0 atom stereocenters. The molecular weight excluding hydrogens is 406 g/mol. The second kappa shape index (κ2) is 7.29. The van der Waals surface area contributed by atoms with Gasteiger partial charge < -0.3 is 5.73 Å². The molecule has 0 bridgehead atoms. The largest absolute Gasteiger partial charge is 0.366 e. The van der Waals surface area contributed by atoms with E-state index >= 15 is 0 Å². The third-order valence-corrected chi connectivity index (χ3v) is 6.63. The van der Waals surface area contributed by atoms with Crippen molar-refractivity contribution in [1.82, 2.24) is 4.98 Å². The highest BCUT2D eigenvalue weighted by Crippen LogP contribution is 2.30. The summed E-state index contributed by atoms with van der Waals surface area (Å²) in [5, 5.41) is 3.03. The summed E-state index contributed by atoms with van der Waals surface area (Å²) in [6, 6.07) is 9.35. The molecule has 0 aliphatic carbocycles. The topological polar surface area (TPSA) is 119 Å². The van der Waals surface area contributed by atoms with Crippen LogP contribution >= 0.6 is 23.1 Å². The zero-order chi connectivity index (χ0) is 19.8. The Labute approximate surface area is 163 Å².